The third-order valence-electron chi connectivity index (χ3n) is 1.43. The molecule has 104 valence electrons. The van der Waals surface area contributed by atoms with E-state index in [1.54, 1.807) is 0 Å². The van der Waals surface area contributed by atoms with Crippen LogP contribution >= 0.6 is 15.6 Å². The fourth-order valence-electron chi connectivity index (χ4n) is 0.631. The SMILES string of the molecule is COP(=O)(O)OCCOCCOP(=O)(O)OC. The molecule has 0 aliphatic rings. The van der Waals surface area contributed by atoms with Crippen molar-refractivity contribution in [3.05, 3.63) is 0 Å². The van der Waals surface area contributed by atoms with E-state index in [2.05, 4.69) is 18.1 Å². The molecule has 0 radical (unpaired) electrons. The Labute approximate surface area is 98.8 Å². The third-order valence-corrected chi connectivity index (χ3v) is 3.37. The first-order valence-corrected chi connectivity index (χ1v) is 7.46. The standard InChI is InChI=1S/C6H16O9P2/c1-11-16(7,8)14-5-3-13-4-6-15-17(9,10)12-2/h3-6H2,1-2H3,(H,7,8)(H,9,10). The molecular formula is C6H16O9P2. The van der Waals surface area contributed by atoms with Crippen molar-refractivity contribution in [2.75, 3.05) is 40.6 Å². The highest BCUT2D eigenvalue weighted by atomic mass is 31.2. The lowest BCUT2D eigenvalue weighted by Gasteiger charge is -2.10. The van der Waals surface area contributed by atoms with E-state index in [9.17, 15) is 9.13 Å². The molecule has 0 saturated heterocycles. The van der Waals surface area contributed by atoms with Crippen LogP contribution in [0.25, 0.3) is 0 Å². The predicted octanol–water partition coefficient (Wildman–Crippen LogP) is 0.530. The van der Waals surface area contributed by atoms with E-state index < -0.39 is 15.6 Å². The molecule has 2 atom stereocenters. The highest BCUT2D eigenvalue weighted by Crippen LogP contribution is 2.42. The summed E-state index contributed by atoms with van der Waals surface area (Å²) in [6, 6.07) is 0. The molecule has 0 fully saturated rings. The minimum absolute atomic E-state index is 0.0139. The van der Waals surface area contributed by atoms with Gasteiger partial charge in [-0.2, -0.15) is 0 Å². The first-order chi connectivity index (χ1) is 7.83. The molecule has 0 aromatic carbocycles. The van der Waals surface area contributed by atoms with Gasteiger partial charge in [-0.3, -0.25) is 18.1 Å². The molecule has 17 heavy (non-hydrogen) atoms. The summed E-state index contributed by atoms with van der Waals surface area (Å²) in [5.74, 6) is 0. The van der Waals surface area contributed by atoms with Crippen LogP contribution in [-0.4, -0.2) is 50.4 Å². The molecule has 0 heterocycles. The minimum atomic E-state index is -3.98. The molecule has 0 aliphatic heterocycles. The lowest BCUT2D eigenvalue weighted by atomic mass is 10.7. The summed E-state index contributed by atoms with van der Waals surface area (Å²) in [5, 5.41) is 0. The molecule has 0 saturated carbocycles. The Hall–Kier alpha value is 0.180. The van der Waals surface area contributed by atoms with E-state index in [0.717, 1.165) is 14.2 Å². The summed E-state index contributed by atoms with van der Waals surface area (Å²) in [4.78, 5) is 17.6. The Bertz CT molecular complexity index is 265. The van der Waals surface area contributed by atoms with Crippen molar-refractivity contribution in [3.63, 3.8) is 0 Å². The van der Waals surface area contributed by atoms with Crippen LogP contribution in [0.15, 0.2) is 0 Å². The van der Waals surface area contributed by atoms with Gasteiger partial charge in [0.05, 0.1) is 26.4 Å². The number of phosphoric acid groups is 2. The monoisotopic (exact) mass is 294 g/mol. The van der Waals surface area contributed by atoms with Gasteiger partial charge in [-0.1, -0.05) is 0 Å². The summed E-state index contributed by atoms with van der Waals surface area (Å²) in [5.41, 5.74) is 0. The Morgan fingerprint density at radius 1 is 0.824 bits per heavy atom. The van der Waals surface area contributed by atoms with Crippen molar-refractivity contribution in [3.8, 4) is 0 Å². The first kappa shape index (κ1) is 17.2. The van der Waals surface area contributed by atoms with Crippen LogP contribution in [0, 0.1) is 0 Å². The van der Waals surface area contributed by atoms with E-state index in [1.807, 2.05) is 0 Å². The van der Waals surface area contributed by atoms with Crippen molar-refractivity contribution in [1.29, 1.82) is 0 Å². The molecule has 2 N–H and O–H groups in total. The Kier molecular flexibility index (Phi) is 8.40. The van der Waals surface area contributed by atoms with Gasteiger partial charge >= 0.3 is 15.6 Å². The number of rotatable bonds is 10. The third kappa shape index (κ3) is 9.84. The summed E-state index contributed by atoms with van der Waals surface area (Å²) >= 11 is 0. The fraction of sp³-hybridized carbons (Fsp3) is 1.00. The second kappa shape index (κ2) is 8.31. The zero-order valence-electron chi connectivity index (χ0n) is 9.48. The van der Waals surface area contributed by atoms with Crippen molar-refractivity contribution >= 4 is 15.6 Å². The molecule has 11 heteroatoms. The zero-order chi connectivity index (χ0) is 13.4. The lowest BCUT2D eigenvalue weighted by molar-refractivity contribution is 0.0552. The molecule has 0 aromatic rings. The number of hydrogen-bond donors (Lipinski definition) is 2. The Balaban J connectivity index is 3.43. The Morgan fingerprint density at radius 3 is 1.47 bits per heavy atom. The van der Waals surface area contributed by atoms with E-state index >= 15 is 0 Å². The second-order valence-corrected chi connectivity index (χ2v) is 5.70. The van der Waals surface area contributed by atoms with Crippen molar-refractivity contribution in [2.24, 2.45) is 0 Å². The van der Waals surface area contributed by atoms with Gasteiger partial charge in [0.25, 0.3) is 0 Å². The minimum Gasteiger partial charge on any atom is -0.377 e. The van der Waals surface area contributed by atoms with Gasteiger partial charge in [0.2, 0.25) is 0 Å². The molecule has 0 bridgehead atoms. The maximum absolute atomic E-state index is 10.8. The largest absolute Gasteiger partial charge is 0.471 e. The molecule has 0 aromatic heterocycles. The van der Waals surface area contributed by atoms with Gasteiger partial charge in [0.1, 0.15) is 0 Å². The second-order valence-electron chi connectivity index (χ2n) is 2.58. The smallest absolute Gasteiger partial charge is 0.377 e. The average Bonchev–Trinajstić information content (AvgIpc) is 2.27. The van der Waals surface area contributed by atoms with Gasteiger partial charge in [0, 0.05) is 14.2 Å². The predicted molar refractivity (Wildman–Crippen MR) is 56.4 cm³/mol. The van der Waals surface area contributed by atoms with Crippen LogP contribution < -0.4 is 0 Å². The van der Waals surface area contributed by atoms with Gasteiger partial charge in [0.15, 0.2) is 0 Å². The molecule has 0 amide bonds. The maximum Gasteiger partial charge on any atom is 0.471 e. The summed E-state index contributed by atoms with van der Waals surface area (Å²) in [6.07, 6.45) is 0. The molecule has 9 nitrogen and oxygen atoms in total. The highest BCUT2D eigenvalue weighted by molar-refractivity contribution is 7.47. The van der Waals surface area contributed by atoms with Crippen LogP contribution in [0.5, 0.6) is 0 Å². The molecule has 0 rings (SSSR count). The number of hydrogen-bond acceptors (Lipinski definition) is 7. The lowest BCUT2D eigenvalue weighted by Crippen LogP contribution is -2.08. The van der Waals surface area contributed by atoms with Crippen LogP contribution in [0.1, 0.15) is 0 Å². The van der Waals surface area contributed by atoms with Crippen molar-refractivity contribution < 1.29 is 41.7 Å². The molecule has 2 unspecified atom stereocenters. The van der Waals surface area contributed by atoms with E-state index in [4.69, 9.17) is 14.5 Å². The fourth-order valence-corrected chi connectivity index (χ4v) is 1.45. The zero-order valence-corrected chi connectivity index (χ0v) is 11.3. The first-order valence-electron chi connectivity index (χ1n) is 4.47. The van der Waals surface area contributed by atoms with Crippen LogP contribution in [0.4, 0.5) is 0 Å². The van der Waals surface area contributed by atoms with Crippen molar-refractivity contribution in [2.45, 2.75) is 0 Å². The summed E-state index contributed by atoms with van der Waals surface area (Å²) < 4.78 is 43.6. The maximum atomic E-state index is 10.8. The normalized spacial score (nSPS) is 18.6. The van der Waals surface area contributed by atoms with E-state index in [0.29, 0.717) is 0 Å². The van der Waals surface area contributed by atoms with Crippen LogP contribution in [0.3, 0.4) is 0 Å². The summed E-state index contributed by atoms with van der Waals surface area (Å²) in [7, 11) is -5.87. The molecular weight excluding hydrogens is 278 g/mol. The van der Waals surface area contributed by atoms with Gasteiger partial charge < -0.3 is 14.5 Å². The summed E-state index contributed by atoms with van der Waals surface area (Å²) in [6.45, 7) is -0.272. The van der Waals surface area contributed by atoms with Crippen LogP contribution in [0.2, 0.25) is 0 Å². The van der Waals surface area contributed by atoms with E-state index in [-0.39, 0.29) is 26.4 Å². The van der Waals surface area contributed by atoms with Crippen molar-refractivity contribution in [1.82, 2.24) is 0 Å². The van der Waals surface area contributed by atoms with Gasteiger partial charge in [-0.15, -0.1) is 0 Å². The molecule has 0 aliphatic carbocycles. The Morgan fingerprint density at radius 2 is 1.18 bits per heavy atom. The van der Waals surface area contributed by atoms with Gasteiger partial charge in [-0.05, 0) is 0 Å². The van der Waals surface area contributed by atoms with Gasteiger partial charge in [-0.25, -0.2) is 9.13 Å². The van der Waals surface area contributed by atoms with Crippen LogP contribution in [-0.2, 0) is 32.0 Å². The topological polar surface area (TPSA) is 121 Å². The molecule has 0 spiro atoms. The van der Waals surface area contributed by atoms with E-state index in [1.165, 1.54) is 0 Å². The quantitative estimate of drug-likeness (QED) is 0.439. The average molecular weight is 294 g/mol. The number of phosphoric ester groups is 2. The number of ether oxygens (including phenoxy) is 1. The highest BCUT2D eigenvalue weighted by Gasteiger charge is 2.18.